The van der Waals surface area contributed by atoms with Gasteiger partial charge in [-0.15, -0.1) is 11.3 Å². The normalized spacial score (nSPS) is 16.7. The second kappa shape index (κ2) is 10.2. The number of carbonyl (C=O) groups is 1. The van der Waals surface area contributed by atoms with Crippen molar-refractivity contribution in [3.8, 4) is 16.5 Å². The highest BCUT2D eigenvalue weighted by Gasteiger charge is 2.36. The highest BCUT2D eigenvalue weighted by Crippen LogP contribution is 2.43. The Labute approximate surface area is 227 Å². The first-order valence-corrected chi connectivity index (χ1v) is 13.8. The van der Waals surface area contributed by atoms with Gasteiger partial charge in [-0.05, 0) is 80.1 Å². The summed E-state index contributed by atoms with van der Waals surface area (Å²) in [5.74, 6) is 1.58. The Kier molecular flexibility index (Phi) is 6.59. The minimum absolute atomic E-state index is 0.136. The molecule has 8 heteroatoms. The second-order valence-corrected chi connectivity index (χ2v) is 10.9. The summed E-state index contributed by atoms with van der Waals surface area (Å²) in [5, 5.41) is 4.38. The number of rotatable bonds is 5. The van der Waals surface area contributed by atoms with E-state index >= 15 is 0 Å². The molecule has 196 valence electrons. The number of amides is 2. The van der Waals surface area contributed by atoms with Gasteiger partial charge in [-0.25, -0.2) is 4.79 Å². The van der Waals surface area contributed by atoms with Crippen molar-refractivity contribution in [2.75, 3.05) is 32.6 Å². The number of hydrogen-bond donors (Lipinski definition) is 1. The number of anilines is 1. The van der Waals surface area contributed by atoms with Crippen LogP contribution in [-0.2, 0) is 19.5 Å². The number of hydrogen-bond acceptors (Lipinski definition) is 5. The molecule has 4 aromatic rings. The van der Waals surface area contributed by atoms with Crippen molar-refractivity contribution in [1.29, 1.82) is 0 Å². The molecular formula is C30H32N4O3S. The molecule has 0 fully saturated rings. The summed E-state index contributed by atoms with van der Waals surface area (Å²) in [5.41, 5.74) is 5.50. The SMILES string of the molecule is CCOc1ccc(NC(=O)N2Cc3c(sc4c3CCN(C)C4)-n3cccc3[C@H]2c2ccc(OC)cc2)cc1. The van der Waals surface area contributed by atoms with E-state index in [1.807, 2.05) is 59.6 Å². The van der Waals surface area contributed by atoms with Gasteiger partial charge in [0, 0.05) is 35.4 Å². The molecule has 4 heterocycles. The molecule has 0 saturated carbocycles. The molecule has 0 spiro atoms. The van der Waals surface area contributed by atoms with Crippen molar-refractivity contribution in [1.82, 2.24) is 14.4 Å². The number of nitrogens with one attached hydrogen (secondary N) is 1. The van der Waals surface area contributed by atoms with Crippen LogP contribution in [0.5, 0.6) is 11.5 Å². The van der Waals surface area contributed by atoms with Crippen molar-refractivity contribution < 1.29 is 14.3 Å². The summed E-state index contributed by atoms with van der Waals surface area (Å²) >= 11 is 1.86. The largest absolute Gasteiger partial charge is 0.497 e. The quantitative estimate of drug-likeness (QED) is 0.342. The molecule has 1 atom stereocenters. The van der Waals surface area contributed by atoms with Gasteiger partial charge in [0.2, 0.25) is 0 Å². The maximum absolute atomic E-state index is 14.1. The third-order valence-corrected chi connectivity index (χ3v) is 8.62. The molecule has 2 aromatic heterocycles. The average Bonchev–Trinajstić information content (AvgIpc) is 3.51. The summed E-state index contributed by atoms with van der Waals surface area (Å²) in [6.07, 6.45) is 3.13. The number of fused-ring (bicyclic) bond motifs is 5. The lowest BCUT2D eigenvalue weighted by Gasteiger charge is -2.32. The van der Waals surface area contributed by atoms with Crippen LogP contribution >= 0.6 is 11.3 Å². The van der Waals surface area contributed by atoms with Crippen LogP contribution in [0.3, 0.4) is 0 Å². The van der Waals surface area contributed by atoms with Crippen LogP contribution in [0.2, 0.25) is 0 Å². The first kappa shape index (κ1) is 24.6. The smallest absolute Gasteiger partial charge is 0.322 e. The van der Waals surface area contributed by atoms with Crippen molar-refractivity contribution in [2.24, 2.45) is 0 Å². The monoisotopic (exact) mass is 528 g/mol. The van der Waals surface area contributed by atoms with Crippen LogP contribution in [0, 0.1) is 0 Å². The number of thiophene rings is 1. The van der Waals surface area contributed by atoms with E-state index in [0.717, 1.165) is 48.0 Å². The van der Waals surface area contributed by atoms with E-state index in [4.69, 9.17) is 9.47 Å². The number of likely N-dealkylation sites (N-methyl/N-ethyl adjacent to an activating group) is 1. The van der Waals surface area contributed by atoms with E-state index in [-0.39, 0.29) is 12.1 Å². The first-order chi connectivity index (χ1) is 18.6. The van der Waals surface area contributed by atoms with Gasteiger partial charge in [0.05, 0.1) is 32.0 Å². The fourth-order valence-corrected chi connectivity index (χ4v) is 6.93. The van der Waals surface area contributed by atoms with Crippen LogP contribution < -0.4 is 14.8 Å². The molecule has 6 rings (SSSR count). The van der Waals surface area contributed by atoms with E-state index in [2.05, 4.69) is 52.3 Å². The molecule has 0 radical (unpaired) electrons. The number of urea groups is 1. The van der Waals surface area contributed by atoms with Crippen LogP contribution in [0.1, 0.15) is 40.2 Å². The zero-order chi connectivity index (χ0) is 26.2. The minimum Gasteiger partial charge on any atom is -0.497 e. The Morgan fingerprint density at radius 1 is 1.03 bits per heavy atom. The van der Waals surface area contributed by atoms with Crippen molar-refractivity contribution >= 4 is 23.1 Å². The highest BCUT2D eigenvalue weighted by molar-refractivity contribution is 7.15. The predicted octanol–water partition coefficient (Wildman–Crippen LogP) is 6.07. The lowest BCUT2D eigenvalue weighted by molar-refractivity contribution is 0.194. The van der Waals surface area contributed by atoms with Gasteiger partial charge in [0.1, 0.15) is 16.5 Å². The Morgan fingerprint density at radius 3 is 2.53 bits per heavy atom. The zero-order valence-electron chi connectivity index (χ0n) is 21.9. The van der Waals surface area contributed by atoms with Gasteiger partial charge in [0.25, 0.3) is 0 Å². The molecule has 0 bridgehead atoms. The molecule has 2 aliphatic heterocycles. The summed E-state index contributed by atoms with van der Waals surface area (Å²) in [6, 6.07) is 19.4. The molecule has 1 N–H and O–H groups in total. The standard InChI is InChI=1S/C30H32N4O3S/c1-4-37-23-13-9-21(10-14-23)31-30(35)34-18-25-24-15-17-32(2)19-27(24)38-29(25)33-16-5-6-26(33)28(34)20-7-11-22(36-3)12-8-20/h5-14,16,28H,4,15,17-19H2,1-3H3,(H,31,35)/t28-/m1/s1. The fourth-order valence-electron chi connectivity index (χ4n) is 5.49. The summed E-state index contributed by atoms with van der Waals surface area (Å²) < 4.78 is 13.3. The highest BCUT2D eigenvalue weighted by atomic mass is 32.1. The van der Waals surface area contributed by atoms with Gasteiger partial charge >= 0.3 is 6.03 Å². The topological polar surface area (TPSA) is 59.0 Å². The van der Waals surface area contributed by atoms with E-state index in [1.165, 1.54) is 21.0 Å². The van der Waals surface area contributed by atoms with Crippen molar-refractivity contribution in [2.45, 2.75) is 32.5 Å². The number of carbonyl (C=O) groups excluding carboxylic acids is 1. The maximum Gasteiger partial charge on any atom is 0.322 e. The maximum atomic E-state index is 14.1. The third kappa shape index (κ3) is 4.44. The van der Waals surface area contributed by atoms with Crippen LogP contribution in [0.4, 0.5) is 10.5 Å². The Hall–Kier alpha value is -3.75. The molecule has 2 amide bonds. The van der Waals surface area contributed by atoms with Gasteiger partial charge in [0.15, 0.2) is 0 Å². The first-order valence-electron chi connectivity index (χ1n) is 13.0. The molecular weight excluding hydrogens is 496 g/mol. The lowest BCUT2D eigenvalue weighted by Crippen LogP contribution is -2.38. The zero-order valence-corrected chi connectivity index (χ0v) is 22.8. The Bertz CT molecular complexity index is 1440. The lowest BCUT2D eigenvalue weighted by atomic mass is 10.00. The van der Waals surface area contributed by atoms with E-state index < -0.39 is 0 Å². The molecule has 0 saturated heterocycles. The average molecular weight is 529 g/mol. The second-order valence-electron chi connectivity index (χ2n) is 9.77. The number of nitrogens with zero attached hydrogens (tertiary/aromatic N) is 3. The number of aromatic nitrogens is 1. The molecule has 7 nitrogen and oxygen atoms in total. The number of benzene rings is 2. The van der Waals surface area contributed by atoms with E-state index in [0.29, 0.717) is 13.2 Å². The summed E-state index contributed by atoms with van der Waals surface area (Å²) in [6.45, 7) is 5.07. The fraction of sp³-hybridized carbons (Fsp3) is 0.300. The van der Waals surface area contributed by atoms with Crippen LogP contribution in [0.25, 0.3) is 5.00 Å². The summed E-state index contributed by atoms with van der Waals surface area (Å²) in [7, 11) is 3.84. The van der Waals surface area contributed by atoms with Crippen LogP contribution in [-0.4, -0.2) is 47.7 Å². The van der Waals surface area contributed by atoms with Crippen LogP contribution in [0.15, 0.2) is 66.9 Å². The molecule has 2 aliphatic rings. The summed E-state index contributed by atoms with van der Waals surface area (Å²) in [4.78, 5) is 19.8. The van der Waals surface area contributed by atoms with Gasteiger partial charge in [-0.1, -0.05) is 12.1 Å². The van der Waals surface area contributed by atoms with Crippen molar-refractivity contribution in [3.63, 3.8) is 0 Å². The third-order valence-electron chi connectivity index (χ3n) is 7.36. The molecule has 38 heavy (non-hydrogen) atoms. The van der Waals surface area contributed by atoms with Gasteiger partial charge in [-0.2, -0.15) is 0 Å². The Morgan fingerprint density at radius 2 is 1.79 bits per heavy atom. The van der Waals surface area contributed by atoms with E-state index in [1.54, 1.807) is 7.11 Å². The number of ether oxygens (including phenoxy) is 2. The Balaban J connectivity index is 1.43. The molecule has 0 aliphatic carbocycles. The predicted molar refractivity (Wildman–Crippen MR) is 151 cm³/mol. The number of methoxy groups -OCH3 is 1. The molecule has 2 aromatic carbocycles. The molecule has 0 unspecified atom stereocenters. The minimum atomic E-state index is -0.264. The van der Waals surface area contributed by atoms with E-state index in [9.17, 15) is 4.79 Å². The van der Waals surface area contributed by atoms with Gasteiger partial charge < -0.3 is 29.2 Å². The van der Waals surface area contributed by atoms with Gasteiger partial charge in [-0.3, -0.25) is 0 Å². The van der Waals surface area contributed by atoms with Crippen molar-refractivity contribution in [3.05, 3.63) is 94.1 Å².